The van der Waals surface area contributed by atoms with E-state index in [0.717, 1.165) is 17.7 Å². The van der Waals surface area contributed by atoms with Crippen LogP contribution in [0.2, 0.25) is 0 Å². The Labute approximate surface area is 158 Å². The maximum absolute atomic E-state index is 12.1. The van der Waals surface area contributed by atoms with E-state index in [0.29, 0.717) is 11.3 Å². The van der Waals surface area contributed by atoms with Gasteiger partial charge in [0.1, 0.15) is 5.75 Å². The fourth-order valence-electron chi connectivity index (χ4n) is 2.19. The van der Waals surface area contributed by atoms with E-state index in [4.69, 9.17) is 22.2 Å². The van der Waals surface area contributed by atoms with Crippen LogP contribution in [-0.2, 0) is 11.2 Å². The minimum atomic E-state index is -0.735. The van der Waals surface area contributed by atoms with Crippen molar-refractivity contribution in [3.63, 3.8) is 0 Å². The Morgan fingerprint density at radius 1 is 1.19 bits per heavy atom. The number of hydrazine groups is 1. The number of anilines is 1. The van der Waals surface area contributed by atoms with Crippen molar-refractivity contribution in [3.8, 4) is 11.8 Å². The summed E-state index contributed by atoms with van der Waals surface area (Å²) in [5.74, 6) is 0.131. The SMILES string of the molecule is CCc1ccccc1NC(=S)NNC(=O)[C@H](C)Oc1ccc(C#N)cc1. The second kappa shape index (κ2) is 9.39. The molecule has 1 atom stereocenters. The Balaban J connectivity index is 1.83. The summed E-state index contributed by atoms with van der Waals surface area (Å²) in [6, 6.07) is 16.4. The Bertz CT molecular complexity index is 815. The smallest absolute Gasteiger partial charge is 0.279 e. The highest BCUT2D eigenvalue weighted by atomic mass is 32.1. The molecular weight excluding hydrogens is 348 g/mol. The van der Waals surface area contributed by atoms with Crippen LogP contribution in [0.5, 0.6) is 5.75 Å². The molecule has 0 fully saturated rings. The van der Waals surface area contributed by atoms with Gasteiger partial charge in [-0.25, -0.2) is 0 Å². The Morgan fingerprint density at radius 3 is 2.54 bits per heavy atom. The number of para-hydroxylation sites is 1. The summed E-state index contributed by atoms with van der Waals surface area (Å²) < 4.78 is 5.54. The molecule has 0 aliphatic rings. The summed E-state index contributed by atoms with van der Waals surface area (Å²) >= 11 is 5.20. The molecule has 6 nitrogen and oxygen atoms in total. The van der Waals surface area contributed by atoms with Gasteiger partial charge in [0.05, 0.1) is 11.6 Å². The average Bonchev–Trinajstić information content (AvgIpc) is 2.67. The summed E-state index contributed by atoms with van der Waals surface area (Å²) in [6.45, 7) is 3.68. The number of hydrogen-bond acceptors (Lipinski definition) is 4. The van der Waals surface area contributed by atoms with Crippen LogP contribution >= 0.6 is 12.2 Å². The van der Waals surface area contributed by atoms with E-state index < -0.39 is 6.10 Å². The van der Waals surface area contributed by atoms with Crippen molar-refractivity contribution >= 4 is 28.9 Å². The van der Waals surface area contributed by atoms with Gasteiger partial charge >= 0.3 is 0 Å². The van der Waals surface area contributed by atoms with Crippen LogP contribution in [0.3, 0.4) is 0 Å². The summed E-state index contributed by atoms with van der Waals surface area (Å²) in [7, 11) is 0. The highest BCUT2D eigenvalue weighted by molar-refractivity contribution is 7.80. The Morgan fingerprint density at radius 2 is 1.88 bits per heavy atom. The third kappa shape index (κ3) is 5.46. The van der Waals surface area contributed by atoms with E-state index in [1.54, 1.807) is 31.2 Å². The van der Waals surface area contributed by atoms with Gasteiger partial charge in [-0.15, -0.1) is 0 Å². The van der Waals surface area contributed by atoms with Crippen molar-refractivity contribution in [2.75, 3.05) is 5.32 Å². The molecule has 0 saturated heterocycles. The monoisotopic (exact) mass is 368 g/mol. The third-order valence-electron chi connectivity index (χ3n) is 3.61. The normalized spacial score (nSPS) is 11.0. The Hall–Kier alpha value is -3.11. The van der Waals surface area contributed by atoms with Gasteiger partial charge in [0.15, 0.2) is 11.2 Å². The largest absolute Gasteiger partial charge is 0.481 e. The fourth-order valence-corrected chi connectivity index (χ4v) is 2.35. The number of benzene rings is 2. The van der Waals surface area contributed by atoms with Crippen LogP contribution < -0.4 is 20.9 Å². The summed E-state index contributed by atoms with van der Waals surface area (Å²) in [5.41, 5.74) is 7.72. The van der Waals surface area contributed by atoms with Gasteiger partial charge in [-0.3, -0.25) is 15.6 Å². The van der Waals surface area contributed by atoms with Crippen LogP contribution in [0.15, 0.2) is 48.5 Å². The highest BCUT2D eigenvalue weighted by Crippen LogP contribution is 2.15. The van der Waals surface area contributed by atoms with Gasteiger partial charge in [-0.2, -0.15) is 5.26 Å². The number of nitrogens with one attached hydrogen (secondary N) is 3. The molecule has 0 bridgehead atoms. The molecule has 0 spiro atoms. The molecule has 2 aromatic rings. The van der Waals surface area contributed by atoms with Gasteiger partial charge in [0.2, 0.25) is 0 Å². The van der Waals surface area contributed by atoms with E-state index in [1.165, 1.54) is 0 Å². The van der Waals surface area contributed by atoms with Gasteiger partial charge in [0, 0.05) is 5.69 Å². The summed E-state index contributed by atoms with van der Waals surface area (Å²) in [4.78, 5) is 12.1. The van der Waals surface area contributed by atoms with Crippen molar-refractivity contribution in [1.82, 2.24) is 10.9 Å². The number of ether oxygens (including phenoxy) is 1. The first kappa shape index (κ1) is 19.2. The third-order valence-corrected chi connectivity index (χ3v) is 3.82. The molecule has 2 rings (SSSR count). The number of nitrogens with zero attached hydrogens (tertiary/aromatic N) is 1. The lowest BCUT2D eigenvalue weighted by Gasteiger charge is -2.17. The molecule has 26 heavy (non-hydrogen) atoms. The van der Waals surface area contributed by atoms with Crippen molar-refractivity contribution in [2.45, 2.75) is 26.4 Å². The Kier molecular flexibility index (Phi) is 6.94. The number of amides is 1. The first-order valence-electron chi connectivity index (χ1n) is 8.15. The first-order valence-corrected chi connectivity index (χ1v) is 8.56. The van der Waals surface area contributed by atoms with Crippen LogP contribution in [0.1, 0.15) is 25.0 Å². The van der Waals surface area contributed by atoms with Crippen LogP contribution in [0, 0.1) is 11.3 Å². The minimum absolute atomic E-state index is 0.282. The van der Waals surface area contributed by atoms with Crippen molar-refractivity contribution in [1.29, 1.82) is 5.26 Å². The summed E-state index contributed by atoms with van der Waals surface area (Å²) in [6.07, 6.45) is 0.134. The minimum Gasteiger partial charge on any atom is -0.481 e. The zero-order valence-electron chi connectivity index (χ0n) is 14.6. The lowest BCUT2D eigenvalue weighted by molar-refractivity contribution is -0.127. The predicted octanol–water partition coefficient (Wildman–Crippen LogP) is 2.91. The topological polar surface area (TPSA) is 86.2 Å². The average molecular weight is 368 g/mol. The predicted molar refractivity (Wildman–Crippen MR) is 105 cm³/mol. The zero-order valence-corrected chi connectivity index (χ0v) is 15.4. The molecule has 0 saturated carbocycles. The molecule has 3 N–H and O–H groups in total. The van der Waals surface area contributed by atoms with Crippen molar-refractivity contribution in [3.05, 3.63) is 59.7 Å². The van der Waals surface area contributed by atoms with Gasteiger partial charge < -0.3 is 10.1 Å². The number of nitriles is 1. The number of rotatable bonds is 5. The zero-order chi connectivity index (χ0) is 18.9. The number of carbonyl (C=O) groups is 1. The lowest BCUT2D eigenvalue weighted by Crippen LogP contribution is -2.48. The molecule has 0 radical (unpaired) electrons. The highest BCUT2D eigenvalue weighted by Gasteiger charge is 2.15. The molecule has 0 unspecified atom stereocenters. The van der Waals surface area contributed by atoms with Gasteiger partial charge in [-0.05, 0) is 61.5 Å². The molecular formula is C19H20N4O2S. The van der Waals surface area contributed by atoms with Crippen molar-refractivity contribution in [2.24, 2.45) is 0 Å². The first-order chi connectivity index (χ1) is 12.5. The van der Waals surface area contributed by atoms with Gasteiger partial charge in [0.25, 0.3) is 5.91 Å². The maximum atomic E-state index is 12.1. The second-order valence-electron chi connectivity index (χ2n) is 5.48. The van der Waals surface area contributed by atoms with Crippen LogP contribution in [0.25, 0.3) is 0 Å². The lowest BCUT2D eigenvalue weighted by atomic mass is 10.1. The molecule has 134 valence electrons. The number of hydrogen-bond donors (Lipinski definition) is 3. The van der Waals surface area contributed by atoms with E-state index in [2.05, 4.69) is 23.1 Å². The number of carbonyl (C=O) groups excluding carboxylic acids is 1. The molecule has 7 heteroatoms. The molecule has 1 amide bonds. The maximum Gasteiger partial charge on any atom is 0.279 e. The van der Waals surface area contributed by atoms with E-state index >= 15 is 0 Å². The molecule has 0 aromatic heterocycles. The second-order valence-corrected chi connectivity index (χ2v) is 5.88. The fraction of sp³-hybridized carbons (Fsp3) is 0.211. The standard InChI is InChI=1S/C19H20N4O2S/c1-3-15-6-4-5-7-17(15)21-19(26)23-22-18(24)13(2)25-16-10-8-14(12-20)9-11-16/h4-11,13H,3H2,1-2H3,(H,22,24)(H2,21,23,26)/t13-/m0/s1. The van der Waals surface area contributed by atoms with Crippen molar-refractivity contribution < 1.29 is 9.53 Å². The van der Waals surface area contributed by atoms with Crippen LogP contribution in [0.4, 0.5) is 5.69 Å². The molecule has 0 aliphatic heterocycles. The number of thiocarbonyl (C=S) groups is 1. The van der Waals surface area contributed by atoms with Crippen LogP contribution in [-0.4, -0.2) is 17.1 Å². The number of aryl methyl sites for hydroxylation is 1. The van der Waals surface area contributed by atoms with E-state index in [1.807, 2.05) is 30.3 Å². The van der Waals surface area contributed by atoms with E-state index in [-0.39, 0.29) is 11.0 Å². The molecule has 0 aliphatic carbocycles. The molecule has 0 heterocycles. The molecule has 2 aromatic carbocycles. The quantitative estimate of drug-likeness (QED) is 0.556. The van der Waals surface area contributed by atoms with Gasteiger partial charge in [-0.1, -0.05) is 25.1 Å². The summed E-state index contributed by atoms with van der Waals surface area (Å²) in [5, 5.41) is 12.1. The van der Waals surface area contributed by atoms with E-state index in [9.17, 15) is 4.79 Å².